The van der Waals surface area contributed by atoms with E-state index >= 15 is 0 Å². The van der Waals surface area contributed by atoms with Crippen molar-refractivity contribution in [2.24, 2.45) is 0 Å². The fourth-order valence-corrected chi connectivity index (χ4v) is 1.82. The van der Waals surface area contributed by atoms with E-state index in [1.807, 2.05) is 13.8 Å². The average molecular weight is 293 g/mol. The van der Waals surface area contributed by atoms with Gasteiger partial charge in [-0.15, -0.1) is 0 Å². The first kappa shape index (κ1) is 15.0. The topological polar surface area (TPSA) is 85.9 Å². The SMILES string of the molecule is CC(C)NCc1ncnn1Cc1ccc([N+](=O)[O-])c(F)c1. The monoisotopic (exact) mass is 293 g/mol. The fraction of sp³-hybridized carbons (Fsp3) is 0.385. The van der Waals surface area contributed by atoms with Gasteiger partial charge in [0, 0.05) is 12.1 Å². The van der Waals surface area contributed by atoms with Gasteiger partial charge in [0.2, 0.25) is 5.82 Å². The number of nitro benzene ring substituents is 1. The summed E-state index contributed by atoms with van der Waals surface area (Å²) >= 11 is 0. The van der Waals surface area contributed by atoms with Gasteiger partial charge in [0.05, 0.1) is 18.0 Å². The highest BCUT2D eigenvalue weighted by Crippen LogP contribution is 2.18. The molecule has 0 aliphatic carbocycles. The van der Waals surface area contributed by atoms with Gasteiger partial charge in [-0.05, 0) is 11.6 Å². The molecule has 0 spiro atoms. The zero-order valence-corrected chi connectivity index (χ0v) is 11.8. The summed E-state index contributed by atoms with van der Waals surface area (Å²) in [7, 11) is 0. The Morgan fingerprint density at radius 2 is 2.24 bits per heavy atom. The smallest absolute Gasteiger partial charge is 0.304 e. The van der Waals surface area contributed by atoms with Crippen molar-refractivity contribution in [3.63, 3.8) is 0 Å². The molecule has 21 heavy (non-hydrogen) atoms. The molecule has 112 valence electrons. The van der Waals surface area contributed by atoms with Crippen molar-refractivity contribution in [1.29, 1.82) is 0 Å². The van der Waals surface area contributed by atoms with Gasteiger partial charge < -0.3 is 5.32 Å². The number of rotatable bonds is 6. The second-order valence-electron chi connectivity index (χ2n) is 4.91. The third kappa shape index (κ3) is 3.82. The molecule has 0 saturated carbocycles. The molecule has 7 nitrogen and oxygen atoms in total. The van der Waals surface area contributed by atoms with Gasteiger partial charge in [-0.25, -0.2) is 9.67 Å². The largest absolute Gasteiger partial charge is 0.308 e. The normalized spacial score (nSPS) is 11.0. The number of aromatic nitrogens is 3. The van der Waals surface area contributed by atoms with E-state index in [1.54, 1.807) is 4.68 Å². The molecule has 8 heteroatoms. The number of benzene rings is 1. The zero-order chi connectivity index (χ0) is 15.4. The average Bonchev–Trinajstić information content (AvgIpc) is 2.83. The zero-order valence-electron chi connectivity index (χ0n) is 11.8. The molecule has 1 heterocycles. The first-order chi connectivity index (χ1) is 9.97. The summed E-state index contributed by atoms with van der Waals surface area (Å²) < 4.78 is 15.2. The number of halogens is 1. The Labute approximate surface area is 121 Å². The van der Waals surface area contributed by atoms with Crippen LogP contribution in [0, 0.1) is 15.9 Å². The minimum absolute atomic E-state index is 0.310. The summed E-state index contributed by atoms with van der Waals surface area (Å²) in [6.45, 7) is 4.90. The summed E-state index contributed by atoms with van der Waals surface area (Å²) in [6.07, 6.45) is 1.43. The van der Waals surface area contributed by atoms with Crippen molar-refractivity contribution in [3.8, 4) is 0 Å². The van der Waals surface area contributed by atoms with E-state index in [4.69, 9.17) is 0 Å². The maximum atomic E-state index is 13.6. The van der Waals surface area contributed by atoms with Crippen LogP contribution in [0.4, 0.5) is 10.1 Å². The van der Waals surface area contributed by atoms with Gasteiger partial charge in [0.1, 0.15) is 12.2 Å². The lowest BCUT2D eigenvalue weighted by Gasteiger charge is -2.09. The van der Waals surface area contributed by atoms with Crippen LogP contribution in [0.1, 0.15) is 25.2 Å². The number of nitrogens with zero attached hydrogens (tertiary/aromatic N) is 4. The van der Waals surface area contributed by atoms with Crippen LogP contribution in [0.25, 0.3) is 0 Å². The number of nitro groups is 1. The van der Waals surface area contributed by atoms with E-state index in [0.717, 1.165) is 18.0 Å². The summed E-state index contributed by atoms with van der Waals surface area (Å²) in [6, 6.07) is 4.14. The first-order valence-electron chi connectivity index (χ1n) is 6.50. The van der Waals surface area contributed by atoms with Gasteiger partial charge in [0.15, 0.2) is 0 Å². The van der Waals surface area contributed by atoms with Gasteiger partial charge in [-0.1, -0.05) is 19.9 Å². The van der Waals surface area contributed by atoms with Gasteiger partial charge in [-0.2, -0.15) is 9.49 Å². The second-order valence-corrected chi connectivity index (χ2v) is 4.91. The molecule has 2 rings (SSSR count). The summed E-state index contributed by atoms with van der Waals surface area (Å²) in [5, 5.41) is 17.9. The Morgan fingerprint density at radius 3 is 2.86 bits per heavy atom. The summed E-state index contributed by atoms with van der Waals surface area (Å²) in [5.41, 5.74) is 0.0634. The second kappa shape index (κ2) is 6.40. The van der Waals surface area contributed by atoms with Crippen LogP contribution in [0.3, 0.4) is 0 Å². The molecule has 0 unspecified atom stereocenters. The Balaban J connectivity index is 2.13. The van der Waals surface area contributed by atoms with Gasteiger partial charge >= 0.3 is 5.69 Å². The maximum absolute atomic E-state index is 13.6. The van der Waals surface area contributed by atoms with Crippen LogP contribution in [0.15, 0.2) is 24.5 Å². The molecule has 0 fully saturated rings. The van der Waals surface area contributed by atoms with Gasteiger partial charge in [-0.3, -0.25) is 10.1 Å². The first-order valence-corrected chi connectivity index (χ1v) is 6.50. The molecule has 0 saturated heterocycles. The molecule has 1 N–H and O–H groups in total. The van der Waals surface area contributed by atoms with Crippen molar-refractivity contribution < 1.29 is 9.31 Å². The Bertz CT molecular complexity index is 641. The highest BCUT2D eigenvalue weighted by atomic mass is 19.1. The van der Waals surface area contributed by atoms with E-state index in [-0.39, 0.29) is 0 Å². The van der Waals surface area contributed by atoms with Crippen LogP contribution in [-0.4, -0.2) is 25.7 Å². The van der Waals surface area contributed by atoms with Crippen LogP contribution in [-0.2, 0) is 13.1 Å². The van der Waals surface area contributed by atoms with Crippen molar-refractivity contribution in [2.45, 2.75) is 33.0 Å². The molecular formula is C13H16FN5O2. The van der Waals surface area contributed by atoms with E-state index in [1.165, 1.54) is 12.4 Å². The van der Waals surface area contributed by atoms with Crippen LogP contribution < -0.4 is 5.32 Å². The predicted octanol–water partition coefficient (Wildman–Crippen LogP) is 1.87. The van der Waals surface area contributed by atoms with Crippen LogP contribution >= 0.6 is 0 Å². The number of nitrogens with one attached hydrogen (secondary N) is 1. The third-order valence-electron chi connectivity index (χ3n) is 2.91. The van der Waals surface area contributed by atoms with E-state index in [9.17, 15) is 14.5 Å². The van der Waals surface area contributed by atoms with E-state index in [0.29, 0.717) is 24.7 Å². The van der Waals surface area contributed by atoms with Crippen molar-refractivity contribution in [1.82, 2.24) is 20.1 Å². The number of hydrogen-bond donors (Lipinski definition) is 1. The highest BCUT2D eigenvalue weighted by molar-refractivity contribution is 5.35. The molecule has 1 aromatic carbocycles. The maximum Gasteiger partial charge on any atom is 0.304 e. The molecule has 2 aromatic rings. The molecule has 0 amide bonds. The molecule has 0 aliphatic heterocycles. The Morgan fingerprint density at radius 1 is 1.48 bits per heavy atom. The molecule has 0 bridgehead atoms. The fourth-order valence-electron chi connectivity index (χ4n) is 1.82. The van der Waals surface area contributed by atoms with Crippen LogP contribution in [0.5, 0.6) is 0 Å². The minimum atomic E-state index is -0.848. The highest BCUT2D eigenvalue weighted by Gasteiger charge is 2.14. The van der Waals surface area contributed by atoms with Gasteiger partial charge in [0.25, 0.3) is 0 Å². The molecule has 0 aliphatic rings. The lowest BCUT2D eigenvalue weighted by molar-refractivity contribution is -0.387. The predicted molar refractivity (Wildman–Crippen MR) is 74.2 cm³/mol. The Hall–Kier alpha value is -2.35. The quantitative estimate of drug-likeness (QED) is 0.649. The minimum Gasteiger partial charge on any atom is -0.308 e. The van der Waals surface area contributed by atoms with E-state index in [2.05, 4.69) is 15.4 Å². The van der Waals surface area contributed by atoms with E-state index < -0.39 is 16.4 Å². The molecule has 1 aromatic heterocycles. The van der Waals surface area contributed by atoms with Crippen molar-refractivity contribution in [3.05, 3.63) is 51.8 Å². The van der Waals surface area contributed by atoms with Crippen molar-refractivity contribution in [2.75, 3.05) is 0 Å². The number of hydrogen-bond acceptors (Lipinski definition) is 5. The molecule has 0 radical (unpaired) electrons. The van der Waals surface area contributed by atoms with Crippen molar-refractivity contribution >= 4 is 5.69 Å². The lowest BCUT2D eigenvalue weighted by Crippen LogP contribution is -2.24. The molecular weight excluding hydrogens is 277 g/mol. The Kier molecular flexibility index (Phi) is 4.59. The lowest BCUT2D eigenvalue weighted by atomic mass is 10.2. The summed E-state index contributed by atoms with van der Waals surface area (Å²) in [5.74, 6) is -0.123. The third-order valence-corrected chi connectivity index (χ3v) is 2.91. The summed E-state index contributed by atoms with van der Waals surface area (Å²) in [4.78, 5) is 14.0. The molecule has 0 atom stereocenters. The van der Waals surface area contributed by atoms with Crippen LogP contribution in [0.2, 0.25) is 0 Å². The standard InChI is InChI=1S/C13H16FN5O2/c1-9(2)15-6-13-16-8-17-18(13)7-10-3-4-12(19(20)21)11(14)5-10/h3-5,8-9,15H,6-7H2,1-2H3.